The van der Waals surface area contributed by atoms with E-state index in [0.29, 0.717) is 30.7 Å². The molecular formula is C24H29N3O6. The van der Waals surface area contributed by atoms with E-state index in [1.165, 1.54) is 0 Å². The van der Waals surface area contributed by atoms with E-state index in [4.69, 9.17) is 14.2 Å². The summed E-state index contributed by atoms with van der Waals surface area (Å²) in [5, 5.41) is 5.34. The van der Waals surface area contributed by atoms with Crippen molar-refractivity contribution in [3.05, 3.63) is 59.7 Å². The maximum atomic E-state index is 12.5. The van der Waals surface area contributed by atoms with Crippen LogP contribution in [0.1, 0.15) is 34.9 Å². The molecule has 0 bridgehead atoms. The largest absolute Gasteiger partial charge is 0.497 e. The van der Waals surface area contributed by atoms with Crippen LogP contribution in [0, 0.1) is 0 Å². The molecule has 1 saturated heterocycles. The second-order valence-corrected chi connectivity index (χ2v) is 7.94. The van der Waals surface area contributed by atoms with E-state index >= 15 is 0 Å². The Labute approximate surface area is 193 Å². The number of cyclic esters (lactones) is 1. The number of rotatable bonds is 9. The summed E-state index contributed by atoms with van der Waals surface area (Å²) < 4.78 is 15.7. The average molecular weight is 456 g/mol. The molecule has 0 aliphatic carbocycles. The lowest BCUT2D eigenvalue weighted by atomic mass is 10.1. The number of hydrogen-bond acceptors (Lipinski definition) is 7. The highest BCUT2D eigenvalue weighted by atomic mass is 16.6. The molecule has 0 radical (unpaired) electrons. The van der Waals surface area contributed by atoms with Crippen LogP contribution in [0.5, 0.6) is 5.75 Å². The van der Waals surface area contributed by atoms with Gasteiger partial charge in [0.2, 0.25) is 0 Å². The molecule has 2 atom stereocenters. The molecule has 33 heavy (non-hydrogen) atoms. The Morgan fingerprint density at radius 3 is 2.39 bits per heavy atom. The first kappa shape index (κ1) is 24.1. The normalized spacial score (nSPS) is 16.1. The SMILES string of the molecule is COc1ccc(C(CCN(C)C)OC(=O)Nc2ccc(C(=O)N[C@H]3CCOC3=O)cc2)cc1. The third kappa shape index (κ3) is 6.95. The summed E-state index contributed by atoms with van der Waals surface area (Å²) in [4.78, 5) is 38.4. The van der Waals surface area contributed by atoms with Crippen LogP contribution in [0.25, 0.3) is 0 Å². The van der Waals surface area contributed by atoms with Crippen molar-refractivity contribution in [2.24, 2.45) is 0 Å². The highest BCUT2D eigenvalue weighted by Gasteiger charge is 2.28. The molecular weight excluding hydrogens is 426 g/mol. The zero-order valence-electron chi connectivity index (χ0n) is 19.0. The monoisotopic (exact) mass is 455 g/mol. The summed E-state index contributed by atoms with van der Waals surface area (Å²) in [6.45, 7) is 1.04. The number of esters is 1. The number of anilines is 1. The number of ether oxygens (including phenoxy) is 3. The maximum Gasteiger partial charge on any atom is 0.412 e. The summed E-state index contributed by atoms with van der Waals surface area (Å²) in [5.41, 5.74) is 1.72. The molecule has 1 aliphatic heterocycles. The summed E-state index contributed by atoms with van der Waals surface area (Å²) >= 11 is 0. The van der Waals surface area contributed by atoms with Gasteiger partial charge in [0.15, 0.2) is 0 Å². The predicted molar refractivity (Wildman–Crippen MR) is 122 cm³/mol. The molecule has 9 heteroatoms. The van der Waals surface area contributed by atoms with Crippen molar-refractivity contribution in [2.75, 3.05) is 39.7 Å². The van der Waals surface area contributed by atoms with Crippen LogP contribution in [0.2, 0.25) is 0 Å². The number of hydrogen-bond donors (Lipinski definition) is 2. The van der Waals surface area contributed by atoms with E-state index in [1.807, 2.05) is 43.3 Å². The molecule has 2 N–H and O–H groups in total. The number of amides is 2. The smallest absolute Gasteiger partial charge is 0.412 e. The highest BCUT2D eigenvalue weighted by molar-refractivity contribution is 5.97. The summed E-state index contributed by atoms with van der Waals surface area (Å²) in [5.74, 6) is -0.0789. The standard InChI is InChI=1S/C24H29N3O6/c1-27(2)14-12-21(16-6-10-19(31-3)11-7-16)33-24(30)25-18-8-4-17(5-9-18)22(28)26-20-13-15-32-23(20)29/h4-11,20-21H,12-15H2,1-3H3,(H,25,30)(H,26,28)/t20-,21?/m0/s1. The molecule has 0 aromatic heterocycles. The van der Waals surface area contributed by atoms with Crippen LogP contribution < -0.4 is 15.4 Å². The van der Waals surface area contributed by atoms with Crippen molar-refractivity contribution in [1.82, 2.24) is 10.2 Å². The van der Waals surface area contributed by atoms with Gasteiger partial charge in [-0.3, -0.25) is 10.1 Å². The molecule has 9 nitrogen and oxygen atoms in total. The van der Waals surface area contributed by atoms with Gasteiger partial charge in [-0.15, -0.1) is 0 Å². The number of carbonyl (C=O) groups excluding carboxylic acids is 3. The number of nitrogens with zero attached hydrogens (tertiary/aromatic N) is 1. The minimum absolute atomic E-state index is 0.306. The molecule has 3 rings (SSSR count). The molecule has 176 valence electrons. The van der Waals surface area contributed by atoms with Gasteiger partial charge in [-0.2, -0.15) is 0 Å². The number of carbonyl (C=O) groups is 3. The molecule has 0 saturated carbocycles. The maximum absolute atomic E-state index is 12.5. The highest BCUT2D eigenvalue weighted by Crippen LogP contribution is 2.25. The van der Waals surface area contributed by atoms with Crippen molar-refractivity contribution < 1.29 is 28.6 Å². The lowest BCUT2D eigenvalue weighted by molar-refractivity contribution is -0.139. The van der Waals surface area contributed by atoms with Crippen LogP contribution in [-0.2, 0) is 14.3 Å². The minimum atomic E-state index is -0.623. The second kappa shape index (κ2) is 11.3. The van der Waals surface area contributed by atoms with Crippen LogP contribution in [0.3, 0.4) is 0 Å². The molecule has 2 amide bonds. The molecule has 1 fully saturated rings. The Morgan fingerprint density at radius 1 is 1.12 bits per heavy atom. The lowest BCUT2D eigenvalue weighted by Crippen LogP contribution is -2.37. The Morgan fingerprint density at radius 2 is 1.82 bits per heavy atom. The fourth-order valence-electron chi connectivity index (χ4n) is 3.34. The van der Waals surface area contributed by atoms with Crippen LogP contribution in [0.15, 0.2) is 48.5 Å². The van der Waals surface area contributed by atoms with Gasteiger partial charge in [-0.25, -0.2) is 9.59 Å². The molecule has 1 aliphatic rings. The Hall–Kier alpha value is -3.59. The summed E-state index contributed by atoms with van der Waals surface area (Å²) in [6.07, 6.45) is 0.0457. The van der Waals surface area contributed by atoms with E-state index in [9.17, 15) is 14.4 Å². The van der Waals surface area contributed by atoms with E-state index in [1.54, 1.807) is 31.4 Å². The Bertz CT molecular complexity index is 959. The quantitative estimate of drug-likeness (QED) is 0.560. The summed E-state index contributed by atoms with van der Waals surface area (Å²) in [7, 11) is 5.51. The van der Waals surface area contributed by atoms with E-state index in [0.717, 1.165) is 17.9 Å². The van der Waals surface area contributed by atoms with E-state index < -0.39 is 24.2 Å². The zero-order valence-corrected chi connectivity index (χ0v) is 19.0. The van der Waals surface area contributed by atoms with Gasteiger partial charge in [0, 0.05) is 30.6 Å². The Kier molecular flexibility index (Phi) is 8.26. The lowest BCUT2D eigenvalue weighted by Gasteiger charge is -2.21. The number of methoxy groups -OCH3 is 1. The van der Waals surface area contributed by atoms with Gasteiger partial charge in [0.25, 0.3) is 5.91 Å². The first-order valence-corrected chi connectivity index (χ1v) is 10.7. The number of benzene rings is 2. The molecule has 2 aromatic rings. The molecule has 2 aromatic carbocycles. The van der Waals surface area contributed by atoms with Crippen LogP contribution in [0.4, 0.5) is 10.5 Å². The first-order valence-electron chi connectivity index (χ1n) is 10.7. The van der Waals surface area contributed by atoms with E-state index in [-0.39, 0.29) is 5.91 Å². The average Bonchev–Trinajstić information content (AvgIpc) is 3.21. The van der Waals surface area contributed by atoms with Crippen molar-refractivity contribution in [2.45, 2.75) is 25.0 Å². The van der Waals surface area contributed by atoms with Crippen molar-refractivity contribution in [3.8, 4) is 5.75 Å². The van der Waals surface area contributed by atoms with Crippen molar-refractivity contribution in [1.29, 1.82) is 0 Å². The van der Waals surface area contributed by atoms with Gasteiger partial charge < -0.3 is 24.4 Å². The third-order valence-electron chi connectivity index (χ3n) is 5.21. The fourth-order valence-corrected chi connectivity index (χ4v) is 3.34. The summed E-state index contributed by atoms with van der Waals surface area (Å²) in [6, 6.07) is 13.1. The van der Waals surface area contributed by atoms with E-state index in [2.05, 4.69) is 10.6 Å². The molecule has 1 unspecified atom stereocenters. The van der Waals surface area contributed by atoms with Gasteiger partial charge >= 0.3 is 12.1 Å². The molecule has 0 spiro atoms. The first-order chi connectivity index (χ1) is 15.9. The molecule has 1 heterocycles. The Balaban J connectivity index is 1.59. The second-order valence-electron chi connectivity index (χ2n) is 7.94. The van der Waals surface area contributed by atoms with Gasteiger partial charge in [0.1, 0.15) is 17.9 Å². The van der Waals surface area contributed by atoms with Gasteiger partial charge in [-0.05, 0) is 56.1 Å². The fraction of sp³-hybridized carbons (Fsp3) is 0.375. The van der Waals surface area contributed by atoms with Crippen molar-refractivity contribution in [3.63, 3.8) is 0 Å². The number of nitrogens with one attached hydrogen (secondary N) is 2. The van der Waals surface area contributed by atoms with Crippen molar-refractivity contribution >= 4 is 23.7 Å². The van der Waals surface area contributed by atoms with Gasteiger partial charge in [-0.1, -0.05) is 12.1 Å². The van der Waals surface area contributed by atoms with Crippen LogP contribution in [-0.4, -0.2) is 63.3 Å². The van der Waals surface area contributed by atoms with Gasteiger partial charge in [0.05, 0.1) is 13.7 Å². The third-order valence-corrected chi connectivity index (χ3v) is 5.21. The predicted octanol–water partition coefficient (Wildman–Crippen LogP) is 2.98. The topological polar surface area (TPSA) is 106 Å². The van der Waals surface area contributed by atoms with Crippen LogP contribution >= 0.6 is 0 Å². The zero-order chi connectivity index (χ0) is 23.8. The minimum Gasteiger partial charge on any atom is -0.497 e.